The third kappa shape index (κ3) is 4.80. The summed E-state index contributed by atoms with van der Waals surface area (Å²) >= 11 is 0. The molecule has 0 spiro atoms. The number of rotatable bonds is 8. The smallest absolute Gasteiger partial charge is 0.306 e. The molecule has 0 aliphatic heterocycles. The van der Waals surface area contributed by atoms with Crippen molar-refractivity contribution in [1.82, 2.24) is 5.32 Å². The number of carbonyl (C=O) groups excluding carboxylic acids is 4. The zero-order chi connectivity index (χ0) is 27.2. The molecule has 0 aromatic carbocycles. The Hall–Kier alpha value is -2.06. The second kappa shape index (κ2) is 10.3. The summed E-state index contributed by atoms with van der Waals surface area (Å²) in [5.41, 5.74) is -1.60. The first-order valence-electron chi connectivity index (χ1n) is 14.0. The third-order valence-electron chi connectivity index (χ3n) is 10.4. The molecule has 8 heteroatoms. The van der Waals surface area contributed by atoms with Gasteiger partial charge in [-0.2, -0.15) is 0 Å². The van der Waals surface area contributed by atoms with E-state index in [2.05, 4.69) is 12.2 Å². The van der Waals surface area contributed by atoms with Crippen LogP contribution in [0.5, 0.6) is 0 Å². The van der Waals surface area contributed by atoms with Crippen molar-refractivity contribution in [3.63, 3.8) is 0 Å². The van der Waals surface area contributed by atoms with Gasteiger partial charge in [-0.3, -0.25) is 19.2 Å². The van der Waals surface area contributed by atoms with Crippen molar-refractivity contribution in [2.24, 2.45) is 28.6 Å². The van der Waals surface area contributed by atoms with Gasteiger partial charge in [0, 0.05) is 24.3 Å². The minimum absolute atomic E-state index is 0.00414. The monoisotopic (exact) mass is 517 g/mol. The Morgan fingerprint density at radius 1 is 1.16 bits per heavy atom. The number of amides is 1. The van der Waals surface area contributed by atoms with Gasteiger partial charge >= 0.3 is 5.97 Å². The number of aliphatic hydroxyl groups is 2. The molecule has 4 aliphatic rings. The Bertz CT molecular complexity index is 991. The highest BCUT2D eigenvalue weighted by Gasteiger charge is 2.68. The van der Waals surface area contributed by atoms with Gasteiger partial charge < -0.3 is 20.3 Å². The number of aliphatic hydroxyl groups excluding tert-OH is 1. The molecule has 37 heavy (non-hydrogen) atoms. The van der Waals surface area contributed by atoms with Gasteiger partial charge in [0.15, 0.2) is 12.4 Å². The number of fused-ring (bicyclic) bond motifs is 5. The highest BCUT2D eigenvalue weighted by Crippen LogP contribution is 2.67. The molecule has 0 bridgehead atoms. The quantitative estimate of drug-likeness (QED) is 0.422. The molecule has 1 amide bonds. The Morgan fingerprint density at radius 2 is 1.89 bits per heavy atom. The summed E-state index contributed by atoms with van der Waals surface area (Å²) in [4.78, 5) is 49.5. The van der Waals surface area contributed by atoms with Crippen LogP contribution >= 0.6 is 0 Å². The second-order valence-corrected chi connectivity index (χ2v) is 12.4. The van der Waals surface area contributed by atoms with Crippen molar-refractivity contribution in [3.8, 4) is 0 Å². The van der Waals surface area contributed by atoms with Gasteiger partial charge in [-0.1, -0.05) is 26.3 Å². The van der Waals surface area contributed by atoms with Crippen molar-refractivity contribution in [3.05, 3.63) is 11.6 Å². The summed E-state index contributed by atoms with van der Waals surface area (Å²) in [5, 5.41) is 26.0. The van der Waals surface area contributed by atoms with Crippen molar-refractivity contribution in [2.45, 2.75) is 110 Å². The number of ketones is 2. The Balaban J connectivity index is 1.41. The van der Waals surface area contributed by atoms with Crippen LogP contribution in [0.25, 0.3) is 0 Å². The van der Waals surface area contributed by atoms with Crippen LogP contribution in [0, 0.1) is 28.6 Å². The van der Waals surface area contributed by atoms with Gasteiger partial charge in [-0.15, -0.1) is 0 Å². The van der Waals surface area contributed by atoms with Crippen molar-refractivity contribution in [2.75, 3.05) is 6.61 Å². The lowest BCUT2D eigenvalue weighted by atomic mass is 9.45. The number of esters is 1. The van der Waals surface area contributed by atoms with Crippen LogP contribution in [0.15, 0.2) is 11.6 Å². The van der Waals surface area contributed by atoms with E-state index in [1.807, 2.05) is 20.8 Å². The first-order valence-corrected chi connectivity index (χ1v) is 14.0. The highest BCUT2D eigenvalue weighted by atomic mass is 16.5. The number of allylic oxidation sites excluding steroid dienone is 1. The largest absolute Gasteiger partial charge is 0.458 e. The highest BCUT2D eigenvalue weighted by molar-refractivity contribution is 5.92. The number of nitrogens with one attached hydrogen (secondary N) is 1. The summed E-state index contributed by atoms with van der Waals surface area (Å²) < 4.78 is 5.19. The Morgan fingerprint density at radius 3 is 2.59 bits per heavy atom. The zero-order valence-electron chi connectivity index (χ0n) is 22.7. The molecule has 4 aliphatic carbocycles. The van der Waals surface area contributed by atoms with Gasteiger partial charge in [-0.05, 0) is 81.1 Å². The molecule has 0 unspecified atom stereocenters. The molecular weight excluding hydrogens is 474 g/mol. The van der Waals surface area contributed by atoms with Crippen LogP contribution in [-0.4, -0.2) is 58.0 Å². The van der Waals surface area contributed by atoms with E-state index in [0.29, 0.717) is 19.3 Å². The van der Waals surface area contributed by atoms with Gasteiger partial charge in [0.05, 0.1) is 12.5 Å². The average molecular weight is 518 g/mol. The molecule has 206 valence electrons. The fraction of sp³-hybridized carbons (Fsp3) is 0.793. The van der Waals surface area contributed by atoms with E-state index in [0.717, 1.165) is 31.3 Å². The number of Topliss-reactive ketones (excluding diaryl/α,β-unsaturated/α-hetero) is 1. The van der Waals surface area contributed by atoms with E-state index in [1.165, 1.54) is 0 Å². The van der Waals surface area contributed by atoms with E-state index < -0.39 is 35.5 Å². The number of ether oxygens (including phenoxy) is 1. The predicted octanol–water partition coefficient (Wildman–Crippen LogP) is 3.03. The summed E-state index contributed by atoms with van der Waals surface area (Å²) in [5.74, 6) is -1.06. The fourth-order valence-corrected chi connectivity index (χ4v) is 8.15. The molecule has 8 atom stereocenters. The molecular formula is C29H43NO7. The van der Waals surface area contributed by atoms with Crippen LogP contribution in [0.4, 0.5) is 0 Å². The first-order chi connectivity index (χ1) is 17.4. The van der Waals surface area contributed by atoms with Crippen LogP contribution in [0.1, 0.15) is 91.9 Å². The number of hydrogen-bond donors (Lipinski definition) is 3. The van der Waals surface area contributed by atoms with E-state index in [4.69, 9.17) is 4.74 Å². The molecule has 0 aromatic rings. The van der Waals surface area contributed by atoms with E-state index >= 15 is 0 Å². The van der Waals surface area contributed by atoms with Gasteiger partial charge in [0.25, 0.3) is 0 Å². The molecule has 0 aromatic heterocycles. The molecule has 4 rings (SSSR count). The molecule has 0 saturated heterocycles. The zero-order valence-corrected chi connectivity index (χ0v) is 22.7. The second-order valence-electron chi connectivity index (χ2n) is 12.4. The fourth-order valence-electron chi connectivity index (χ4n) is 8.15. The minimum atomic E-state index is -1.68. The lowest BCUT2D eigenvalue weighted by molar-refractivity contribution is -0.184. The standard InChI is InChI=1S/C29H43NO7/c1-5-17(2)30-24(34)8-9-25(35)37-16-23(33)29(36)13-11-21-20-7-6-18-14-19(31)10-12-27(18,3)26(20)22(32)15-28(21,29)4/h14,17,20-22,26,32,36H,5-13,15-16H2,1-4H3,(H,30,34)/t17-,20+,21+,22-,26-,27-,28-,29-/m0/s1. The molecule has 0 heterocycles. The number of hydrogen-bond acceptors (Lipinski definition) is 7. The van der Waals surface area contributed by atoms with Gasteiger partial charge in [0.1, 0.15) is 5.60 Å². The van der Waals surface area contributed by atoms with E-state index in [1.54, 1.807) is 6.08 Å². The van der Waals surface area contributed by atoms with Crippen LogP contribution in [0.2, 0.25) is 0 Å². The lowest BCUT2D eigenvalue weighted by Gasteiger charge is -2.60. The predicted molar refractivity (Wildman–Crippen MR) is 136 cm³/mol. The van der Waals surface area contributed by atoms with Crippen LogP contribution < -0.4 is 5.32 Å². The third-order valence-corrected chi connectivity index (χ3v) is 10.4. The molecule has 0 radical (unpaired) electrons. The summed E-state index contributed by atoms with van der Waals surface area (Å²) in [6.45, 7) is 7.37. The van der Waals surface area contributed by atoms with Crippen molar-refractivity contribution in [1.29, 1.82) is 0 Å². The van der Waals surface area contributed by atoms with Crippen LogP contribution in [0.3, 0.4) is 0 Å². The molecule has 8 nitrogen and oxygen atoms in total. The molecule has 3 fully saturated rings. The minimum Gasteiger partial charge on any atom is -0.458 e. The maximum absolute atomic E-state index is 13.3. The number of carbonyl (C=O) groups is 4. The van der Waals surface area contributed by atoms with Gasteiger partial charge in [0.2, 0.25) is 11.7 Å². The maximum atomic E-state index is 13.3. The Kier molecular flexibility index (Phi) is 7.75. The topological polar surface area (TPSA) is 130 Å². The molecule has 3 N–H and O–H groups in total. The summed E-state index contributed by atoms with van der Waals surface area (Å²) in [7, 11) is 0. The van der Waals surface area contributed by atoms with Crippen LogP contribution in [-0.2, 0) is 23.9 Å². The summed E-state index contributed by atoms with van der Waals surface area (Å²) in [6, 6.07) is 0.0239. The van der Waals surface area contributed by atoms with E-state index in [-0.39, 0.29) is 60.2 Å². The molecule has 3 saturated carbocycles. The maximum Gasteiger partial charge on any atom is 0.306 e. The Labute approximate surface area is 219 Å². The van der Waals surface area contributed by atoms with Crippen molar-refractivity contribution >= 4 is 23.4 Å². The van der Waals surface area contributed by atoms with Crippen molar-refractivity contribution < 1.29 is 34.1 Å². The van der Waals surface area contributed by atoms with E-state index in [9.17, 15) is 29.4 Å². The SMILES string of the molecule is CC[C@H](C)NC(=O)CCC(=O)OCC(=O)[C@@]1(O)CC[C@@H]2[C@H]3CCC4=CC(=O)CC[C@]4(C)[C@@H]3[C@@H](O)C[C@@]21C. The lowest BCUT2D eigenvalue weighted by Crippen LogP contribution is -2.62. The first kappa shape index (κ1) is 28.0. The summed E-state index contributed by atoms with van der Waals surface area (Å²) in [6.07, 6.45) is 5.82. The van der Waals surface area contributed by atoms with Gasteiger partial charge in [-0.25, -0.2) is 0 Å². The average Bonchev–Trinajstić information content (AvgIpc) is 3.12. The normalized spacial score (nSPS) is 39.5.